The lowest BCUT2D eigenvalue weighted by Gasteiger charge is -1.98. The highest BCUT2D eigenvalue weighted by molar-refractivity contribution is 5.91. The lowest BCUT2D eigenvalue weighted by molar-refractivity contribution is 0.0925. The van der Waals surface area contributed by atoms with Gasteiger partial charge in [0.15, 0.2) is 5.76 Å². The van der Waals surface area contributed by atoms with Crippen LogP contribution in [0.1, 0.15) is 29.7 Å². The SMILES string of the molecule is CC#CCCNC(=O)c1ccc(CN)o1. The number of carbonyl (C=O) groups is 1. The van der Waals surface area contributed by atoms with E-state index in [0.717, 1.165) is 0 Å². The molecule has 1 rings (SSSR count). The molecule has 0 aliphatic carbocycles. The van der Waals surface area contributed by atoms with Crippen molar-refractivity contribution in [1.29, 1.82) is 0 Å². The standard InChI is InChI=1S/C11H14N2O2/c1-2-3-4-7-13-11(14)10-6-5-9(8-12)15-10/h5-6H,4,7-8,12H2,1H3,(H,13,14). The van der Waals surface area contributed by atoms with Crippen LogP contribution in [0.5, 0.6) is 0 Å². The van der Waals surface area contributed by atoms with Gasteiger partial charge in [0.2, 0.25) is 0 Å². The van der Waals surface area contributed by atoms with Crippen LogP contribution in [0.15, 0.2) is 16.5 Å². The Labute approximate surface area is 88.8 Å². The zero-order valence-corrected chi connectivity index (χ0v) is 8.67. The molecule has 0 saturated heterocycles. The van der Waals surface area contributed by atoms with Crippen molar-refractivity contribution >= 4 is 5.91 Å². The fourth-order valence-electron chi connectivity index (χ4n) is 1.06. The molecule has 0 saturated carbocycles. The van der Waals surface area contributed by atoms with Gasteiger partial charge in [-0.1, -0.05) is 0 Å². The summed E-state index contributed by atoms with van der Waals surface area (Å²) in [7, 11) is 0. The lowest BCUT2D eigenvalue weighted by atomic mass is 10.3. The summed E-state index contributed by atoms with van der Waals surface area (Å²) in [6, 6.07) is 3.31. The number of amides is 1. The summed E-state index contributed by atoms with van der Waals surface area (Å²) in [6.07, 6.45) is 0.646. The first-order valence-corrected chi connectivity index (χ1v) is 4.74. The molecule has 0 fully saturated rings. The van der Waals surface area contributed by atoms with E-state index in [0.29, 0.717) is 31.0 Å². The van der Waals surface area contributed by atoms with Crippen LogP contribution in [-0.2, 0) is 6.54 Å². The molecule has 80 valence electrons. The summed E-state index contributed by atoms with van der Waals surface area (Å²) in [5, 5.41) is 2.70. The average Bonchev–Trinajstić information content (AvgIpc) is 2.72. The van der Waals surface area contributed by atoms with Crippen molar-refractivity contribution in [2.45, 2.75) is 19.9 Å². The van der Waals surface area contributed by atoms with E-state index in [2.05, 4.69) is 17.2 Å². The maximum absolute atomic E-state index is 11.4. The molecule has 4 heteroatoms. The van der Waals surface area contributed by atoms with Crippen LogP contribution in [0.3, 0.4) is 0 Å². The van der Waals surface area contributed by atoms with Gasteiger partial charge in [-0.2, -0.15) is 0 Å². The van der Waals surface area contributed by atoms with Crippen LogP contribution in [0, 0.1) is 11.8 Å². The number of nitrogens with one attached hydrogen (secondary N) is 1. The molecule has 1 heterocycles. The van der Waals surface area contributed by atoms with E-state index in [1.807, 2.05) is 0 Å². The fraction of sp³-hybridized carbons (Fsp3) is 0.364. The number of rotatable bonds is 4. The largest absolute Gasteiger partial charge is 0.455 e. The zero-order chi connectivity index (χ0) is 11.1. The Morgan fingerprint density at radius 3 is 3.00 bits per heavy atom. The maximum Gasteiger partial charge on any atom is 0.287 e. The van der Waals surface area contributed by atoms with E-state index >= 15 is 0 Å². The quantitative estimate of drug-likeness (QED) is 0.567. The predicted octanol–water partition coefficient (Wildman–Crippen LogP) is 0.882. The Balaban J connectivity index is 2.42. The van der Waals surface area contributed by atoms with E-state index in [1.54, 1.807) is 19.1 Å². The van der Waals surface area contributed by atoms with Gasteiger partial charge in [0.25, 0.3) is 5.91 Å². The topological polar surface area (TPSA) is 68.3 Å². The van der Waals surface area contributed by atoms with Gasteiger partial charge in [0.05, 0.1) is 6.54 Å². The normalized spacial score (nSPS) is 9.20. The minimum absolute atomic E-state index is 0.229. The Morgan fingerprint density at radius 1 is 1.60 bits per heavy atom. The number of hydrogen-bond donors (Lipinski definition) is 2. The summed E-state index contributed by atoms with van der Waals surface area (Å²) in [6.45, 7) is 2.59. The van der Waals surface area contributed by atoms with Crippen LogP contribution in [0.2, 0.25) is 0 Å². The van der Waals surface area contributed by atoms with Gasteiger partial charge in [-0.25, -0.2) is 0 Å². The predicted molar refractivity (Wildman–Crippen MR) is 57.0 cm³/mol. The first kappa shape index (κ1) is 11.3. The van der Waals surface area contributed by atoms with Crippen molar-refractivity contribution in [2.75, 3.05) is 6.54 Å². The third-order valence-electron chi connectivity index (χ3n) is 1.80. The summed E-state index contributed by atoms with van der Waals surface area (Å²) in [4.78, 5) is 11.4. The molecule has 1 aromatic heterocycles. The van der Waals surface area contributed by atoms with E-state index in [-0.39, 0.29) is 5.91 Å². The Morgan fingerprint density at radius 2 is 2.40 bits per heavy atom. The molecule has 0 unspecified atom stereocenters. The van der Waals surface area contributed by atoms with Crippen LogP contribution in [-0.4, -0.2) is 12.5 Å². The Hall–Kier alpha value is -1.73. The molecule has 0 bridgehead atoms. The highest BCUT2D eigenvalue weighted by Crippen LogP contribution is 2.06. The molecule has 0 aliphatic heterocycles. The van der Waals surface area contributed by atoms with Gasteiger partial charge in [0, 0.05) is 13.0 Å². The number of furan rings is 1. The van der Waals surface area contributed by atoms with E-state index in [1.165, 1.54) is 0 Å². The van der Waals surface area contributed by atoms with Crippen molar-refractivity contribution in [3.63, 3.8) is 0 Å². The minimum atomic E-state index is -0.229. The lowest BCUT2D eigenvalue weighted by Crippen LogP contribution is -2.23. The van der Waals surface area contributed by atoms with E-state index in [9.17, 15) is 4.79 Å². The second kappa shape index (κ2) is 5.89. The van der Waals surface area contributed by atoms with Crippen molar-refractivity contribution in [3.8, 4) is 11.8 Å². The molecule has 0 spiro atoms. The number of hydrogen-bond acceptors (Lipinski definition) is 3. The van der Waals surface area contributed by atoms with Crippen LogP contribution in [0.4, 0.5) is 0 Å². The third kappa shape index (κ3) is 3.49. The summed E-state index contributed by atoms with van der Waals surface area (Å²) in [5.41, 5.74) is 5.36. The van der Waals surface area contributed by atoms with Gasteiger partial charge in [-0.15, -0.1) is 11.8 Å². The van der Waals surface area contributed by atoms with E-state index in [4.69, 9.17) is 10.2 Å². The van der Waals surface area contributed by atoms with Gasteiger partial charge < -0.3 is 15.5 Å². The van der Waals surface area contributed by atoms with Gasteiger partial charge in [0.1, 0.15) is 5.76 Å². The van der Waals surface area contributed by atoms with Crippen LogP contribution < -0.4 is 11.1 Å². The molecule has 0 atom stereocenters. The maximum atomic E-state index is 11.4. The first-order valence-electron chi connectivity index (χ1n) is 4.74. The molecular formula is C11H14N2O2. The van der Waals surface area contributed by atoms with Crippen LogP contribution >= 0.6 is 0 Å². The molecule has 0 radical (unpaired) electrons. The smallest absolute Gasteiger partial charge is 0.287 e. The summed E-state index contributed by atoms with van der Waals surface area (Å²) >= 11 is 0. The van der Waals surface area contributed by atoms with Gasteiger partial charge in [-0.3, -0.25) is 4.79 Å². The highest BCUT2D eigenvalue weighted by atomic mass is 16.4. The van der Waals surface area contributed by atoms with Crippen molar-refractivity contribution in [2.24, 2.45) is 5.73 Å². The second-order valence-corrected chi connectivity index (χ2v) is 2.90. The van der Waals surface area contributed by atoms with E-state index < -0.39 is 0 Å². The van der Waals surface area contributed by atoms with Gasteiger partial charge in [-0.05, 0) is 19.1 Å². The van der Waals surface area contributed by atoms with Gasteiger partial charge >= 0.3 is 0 Å². The van der Waals surface area contributed by atoms with Crippen molar-refractivity contribution in [1.82, 2.24) is 5.32 Å². The Kier molecular flexibility index (Phi) is 4.45. The second-order valence-electron chi connectivity index (χ2n) is 2.90. The van der Waals surface area contributed by atoms with Crippen LogP contribution in [0.25, 0.3) is 0 Å². The monoisotopic (exact) mass is 206 g/mol. The fourth-order valence-corrected chi connectivity index (χ4v) is 1.06. The van der Waals surface area contributed by atoms with Crippen molar-refractivity contribution < 1.29 is 9.21 Å². The molecule has 0 aromatic carbocycles. The van der Waals surface area contributed by atoms with Crippen molar-refractivity contribution in [3.05, 3.63) is 23.7 Å². The summed E-state index contributed by atoms with van der Waals surface area (Å²) in [5.74, 6) is 6.28. The number of nitrogens with two attached hydrogens (primary N) is 1. The summed E-state index contributed by atoms with van der Waals surface area (Å²) < 4.78 is 5.18. The molecular weight excluding hydrogens is 192 g/mol. The number of carbonyl (C=O) groups excluding carboxylic acids is 1. The average molecular weight is 206 g/mol. The molecule has 1 aromatic rings. The molecule has 3 N–H and O–H groups in total. The minimum Gasteiger partial charge on any atom is -0.455 e. The molecule has 15 heavy (non-hydrogen) atoms. The molecule has 1 amide bonds. The zero-order valence-electron chi connectivity index (χ0n) is 8.67. The highest BCUT2D eigenvalue weighted by Gasteiger charge is 2.08. The molecule has 0 aliphatic rings. The first-order chi connectivity index (χ1) is 7.27. The molecule has 4 nitrogen and oxygen atoms in total. The third-order valence-corrected chi connectivity index (χ3v) is 1.80. The Bertz CT molecular complexity index is 385.